The summed E-state index contributed by atoms with van der Waals surface area (Å²) < 4.78 is 15.9. The highest BCUT2D eigenvalue weighted by Crippen LogP contribution is 2.58. The highest BCUT2D eigenvalue weighted by molar-refractivity contribution is 7.99. The molecular weight excluding hydrogens is 579 g/mol. The van der Waals surface area contributed by atoms with Gasteiger partial charge in [0.05, 0.1) is 31.6 Å². The van der Waals surface area contributed by atoms with E-state index in [4.69, 9.17) is 9.47 Å². The molecule has 0 N–H and O–H groups in total. The van der Waals surface area contributed by atoms with Crippen LogP contribution in [0, 0.1) is 0 Å². The van der Waals surface area contributed by atoms with Gasteiger partial charge in [0, 0.05) is 32.0 Å². The Labute approximate surface area is 264 Å². The second kappa shape index (κ2) is 9.65. The Hall–Kier alpha value is -4.71. The monoisotopic (exact) mass is 605 g/mol. The molecule has 3 nitrogen and oxygen atoms in total. The molecule has 0 aliphatic carbocycles. The lowest BCUT2D eigenvalue weighted by Gasteiger charge is -2.38. The fourth-order valence-electron chi connectivity index (χ4n) is 6.64. The Morgan fingerprint density at radius 2 is 1.20 bits per heavy atom. The van der Waals surface area contributed by atoms with Gasteiger partial charge >= 0.3 is 0 Å². The van der Waals surface area contributed by atoms with Gasteiger partial charge in [-0.15, -0.1) is 11.3 Å². The van der Waals surface area contributed by atoms with Crippen LogP contribution >= 0.6 is 23.1 Å². The summed E-state index contributed by atoms with van der Waals surface area (Å²) in [5.41, 5.74) is 5.30. The Morgan fingerprint density at radius 1 is 0.545 bits per heavy atom. The molecule has 0 amide bonds. The third-order valence-corrected chi connectivity index (χ3v) is 11.2. The van der Waals surface area contributed by atoms with Gasteiger partial charge in [-0.1, -0.05) is 104 Å². The van der Waals surface area contributed by atoms with Crippen molar-refractivity contribution in [3.63, 3.8) is 0 Å². The number of hydrogen-bond donors (Lipinski definition) is 0. The van der Waals surface area contributed by atoms with E-state index in [1.807, 2.05) is 23.5 Å². The Balaban J connectivity index is 1.34. The molecule has 0 bridgehead atoms. The molecule has 212 valence electrons. The fourth-order valence-corrected chi connectivity index (χ4v) is 8.89. The highest BCUT2D eigenvalue weighted by atomic mass is 32.2. The van der Waals surface area contributed by atoms with E-state index >= 15 is 0 Å². The molecule has 6 aromatic carbocycles. The average molecular weight is 606 g/mol. The molecule has 9 rings (SSSR count). The summed E-state index contributed by atoms with van der Waals surface area (Å²) in [4.78, 5) is 4.58. The van der Waals surface area contributed by atoms with Crippen LogP contribution in [0.2, 0.25) is 0 Å². The lowest BCUT2D eigenvalue weighted by Crippen LogP contribution is -2.25. The Morgan fingerprint density at radius 3 is 2.14 bits per heavy atom. The lowest BCUT2D eigenvalue weighted by atomic mass is 9.75. The Bertz CT molecular complexity index is 2270. The van der Waals surface area contributed by atoms with E-state index < -0.39 is 0 Å². The van der Waals surface area contributed by atoms with Crippen LogP contribution in [0.1, 0.15) is 25.0 Å². The van der Waals surface area contributed by atoms with Crippen LogP contribution in [0.5, 0.6) is 23.0 Å². The van der Waals surface area contributed by atoms with E-state index in [0.717, 1.165) is 49.9 Å². The first-order chi connectivity index (χ1) is 21.6. The first kappa shape index (κ1) is 25.8. The van der Waals surface area contributed by atoms with Gasteiger partial charge in [-0.3, -0.25) is 0 Å². The normalized spacial score (nSPS) is 14.1. The number of anilines is 3. The molecule has 7 aromatic rings. The third-order valence-electron chi connectivity index (χ3n) is 8.79. The summed E-state index contributed by atoms with van der Waals surface area (Å²) in [6, 6.07) is 44.9. The maximum absolute atomic E-state index is 6.86. The number of nitrogens with zero attached hydrogens (tertiary/aromatic N) is 1. The zero-order chi connectivity index (χ0) is 29.4. The van der Waals surface area contributed by atoms with Gasteiger partial charge in [-0.25, -0.2) is 0 Å². The van der Waals surface area contributed by atoms with Crippen LogP contribution in [0.3, 0.4) is 0 Å². The van der Waals surface area contributed by atoms with Crippen molar-refractivity contribution < 1.29 is 9.47 Å². The van der Waals surface area contributed by atoms with Crippen molar-refractivity contribution in [2.24, 2.45) is 0 Å². The van der Waals surface area contributed by atoms with Crippen molar-refractivity contribution in [1.82, 2.24) is 0 Å². The molecule has 0 spiro atoms. The van der Waals surface area contributed by atoms with E-state index in [-0.39, 0.29) is 5.41 Å². The average Bonchev–Trinajstić information content (AvgIpc) is 3.44. The van der Waals surface area contributed by atoms with Crippen LogP contribution < -0.4 is 14.4 Å². The predicted molar refractivity (Wildman–Crippen MR) is 183 cm³/mol. The molecule has 2 aliphatic heterocycles. The number of ether oxygens (including phenoxy) is 2. The third kappa shape index (κ3) is 3.76. The molecule has 0 radical (unpaired) electrons. The summed E-state index contributed by atoms with van der Waals surface area (Å²) in [6.45, 7) is 4.58. The van der Waals surface area contributed by atoms with Crippen LogP contribution in [0.4, 0.5) is 17.1 Å². The molecule has 0 saturated carbocycles. The smallest absolute Gasteiger partial charge is 0.155 e. The molecule has 0 unspecified atom stereocenters. The summed E-state index contributed by atoms with van der Waals surface area (Å²) in [6.07, 6.45) is 0. The van der Waals surface area contributed by atoms with Crippen molar-refractivity contribution in [1.29, 1.82) is 0 Å². The maximum atomic E-state index is 6.86. The Kier molecular flexibility index (Phi) is 5.65. The first-order valence-electron chi connectivity index (χ1n) is 14.8. The lowest BCUT2D eigenvalue weighted by molar-refractivity contribution is 0.419. The maximum Gasteiger partial charge on any atom is 0.155 e. The predicted octanol–water partition coefficient (Wildman–Crippen LogP) is 12.2. The SMILES string of the molecule is CC1(C)c2ccccc2Oc2c(N(c3cccc4c3Sc3ccccc3O4)c3cccc4c3sc3ccccc34)cccc21. The molecule has 2 aliphatic rings. The van der Waals surface area contributed by atoms with Gasteiger partial charge < -0.3 is 14.4 Å². The molecule has 3 heterocycles. The van der Waals surface area contributed by atoms with Crippen LogP contribution in [-0.4, -0.2) is 0 Å². The van der Waals surface area contributed by atoms with Crippen LogP contribution in [0.25, 0.3) is 20.2 Å². The van der Waals surface area contributed by atoms with Gasteiger partial charge in [-0.2, -0.15) is 0 Å². The van der Waals surface area contributed by atoms with Gasteiger partial charge in [-0.05, 0) is 48.5 Å². The summed E-state index contributed by atoms with van der Waals surface area (Å²) in [7, 11) is 0. The molecule has 0 atom stereocenters. The topological polar surface area (TPSA) is 21.7 Å². The number of hydrogen-bond acceptors (Lipinski definition) is 5. The highest BCUT2D eigenvalue weighted by Gasteiger charge is 2.37. The van der Waals surface area contributed by atoms with Gasteiger partial charge in [0.15, 0.2) is 5.75 Å². The molecule has 5 heteroatoms. The first-order valence-corrected chi connectivity index (χ1v) is 16.4. The van der Waals surface area contributed by atoms with Crippen molar-refractivity contribution >= 4 is 60.3 Å². The second-order valence-electron chi connectivity index (χ2n) is 11.7. The van der Waals surface area contributed by atoms with E-state index in [9.17, 15) is 0 Å². The quantitative estimate of drug-likeness (QED) is 0.200. The van der Waals surface area contributed by atoms with Crippen LogP contribution in [0.15, 0.2) is 137 Å². The van der Waals surface area contributed by atoms with Gasteiger partial charge in [0.2, 0.25) is 0 Å². The minimum atomic E-state index is -0.234. The molecule has 0 saturated heterocycles. The zero-order valence-corrected chi connectivity index (χ0v) is 25.8. The minimum absolute atomic E-state index is 0.234. The second-order valence-corrected chi connectivity index (χ2v) is 13.8. The van der Waals surface area contributed by atoms with Crippen molar-refractivity contribution in [2.45, 2.75) is 29.1 Å². The standard InChI is InChI=1S/C39H27NO2S2/c1-39(2)26-14-4-5-19-31(26)42-36-27(39)15-10-16-28(36)40(29-17-9-13-25-24-12-3-7-22-34(24)43-37(25)29)30-18-11-21-33-38(30)44-35-23-8-6-20-32(35)41-33/h3-23H,1-2H3. The van der Waals surface area contributed by atoms with E-state index in [2.05, 4.69) is 134 Å². The molecule has 44 heavy (non-hydrogen) atoms. The summed E-state index contributed by atoms with van der Waals surface area (Å²) >= 11 is 3.60. The summed E-state index contributed by atoms with van der Waals surface area (Å²) in [5.74, 6) is 3.53. The number of benzene rings is 6. The molecule has 1 aromatic heterocycles. The molecular formula is C39H27NO2S2. The minimum Gasteiger partial charge on any atom is -0.455 e. The van der Waals surface area contributed by atoms with Crippen molar-refractivity contribution in [3.8, 4) is 23.0 Å². The van der Waals surface area contributed by atoms with E-state index in [1.165, 1.54) is 31.3 Å². The van der Waals surface area contributed by atoms with E-state index in [0.29, 0.717) is 0 Å². The van der Waals surface area contributed by atoms with Gasteiger partial charge in [0.25, 0.3) is 0 Å². The number of rotatable bonds is 3. The largest absolute Gasteiger partial charge is 0.455 e. The van der Waals surface area contributed by atoms with Crippen molar-refractivity contribution in [3.05, 3.63) is 139 Å². The zero-order valence-electron chi connectivity index (χ0n) is 24.2. The number of fused-ring (bicyclic) bond motifs is 7. The number of thiophene rings is 1. The van der Waals surface area contributed by atoms with Crippen LogP contribution in [-0.2, 0) is 5.41 Å². The van der Waals surface area contributed by atoms with E-state index in [1.54, 1.807) is 11.8 Å². The molecule has 0 fully saturated rings. The fraction of sp³-hybridized carbons (Fsp3) is 0.0769. The summed E-state index contributed by atoms with van der Waals surface area (Å²) in [5, 5.41) is 2.53. The number of para-hydroxylation sites is 3. The van der Waals surface area contributed by atoms with Crippen molar-refractivity contribution in [2.75, 3.05) is 4.90 Å². The van der Waals surface area contributed by atoms with Gasteiger partial charge in [0.1, 0.15) is 17.2 Å².